The molecule has 2 N–H and O–H groups in total. The van der Waals surface area contributed by atoms with Crippen LogP contribution in [-0.2, 0) is 24.1 Å². The zero-order valence-corrected chi connectivity index (χ0v) is 19.1. The molecular formula is C24H28N2O5S. The molecule has 3 aliphatic carbocycles. The third-order valence-electron chi connectivity index (χ3n) is 6.77. The molecule has 0 bridgehead atoms. The monoisotopic (exact) mass is 456 g/mol. The van der Waals surface area contributed by atoms with E-state index in [0.29, 0.717) is 48.0 Å². The van der Waals surface area contributed by atoms with E-state index in [9.17, 15) is 19.2 Å². The van der Waals surface area contributed by atoms with E-state index in [0.717, 1.165) is 49.0 Å². The van der Waals surface area contributed by atoms with Gasteiger partial charge in [0.15, 0.2) is 5.75 Å². The molecule has 1 unspecified atom stereocenters. The van der Waals surface area contributed by atoms with E-state index in [-0.39, 0.29) is 29.4 Å². The third kappa shape index (κ3) is 4.12. The summed E-state index contributed by atoms with van der Waals surface area (Å²) in [5.74, 6) is 0.883. The van der Waals surface area contributed by atoms with Gasteiger partial charge in [-0.25, -0.2) is 0 Å². The molecule has 2 aromatic rings. The molecule has 2 amide bonds. The second-order valence-electron chi connectivity index (χ2n) is 9.34. The van der Waals surface area contributed by atoms with Gasteiger partial charge in [0.2, 0.25) is 11.3 Å². The van der Waals surface area contributed by atoms with Gasteiger partial charge in [-0.15, -0.1) is 11.3 Å². The summed E-state index contributed by atoms with van der Waals surface area (Å²) < 4.78 is 5.38. The first kappa shape index (κ1) is 21.4. The Morgan fingerprint density at radius 2 is 1.84 bits per heavy atom. The highest BCUT2D eigenvalue weighted by molar-refractivity contribution is 7.17. The van der Waals surface area contributed by atoms with Crippen molar-refractivity contribution in [3.63, 3.8) is 0 Å². The van der Waals surface area contributed by atoms with Crippen molar-refractivity contribution in [3.8, 4) is 5.75 Å². The van der Waals surface area contributed by atoms with Crippen LogP contribution in [0.4, 0.5) is 5.00 Å². The fraction of sp³-hybridized carbons (Fsp3) is 0.583. The van der Waals surface area contributed by atoms with Gasteiger partial charge in [-0.2, -0.15) is 0 Å². The van der Waals surface area contributed by atoms with Gasteiger partial charge in [0.25, 0.3) is 11.3 Å². The van der Waals surface area contributed by atoms with Crippen molar-refractivity contribution in [3.05, 3.63) is 42.0 Å². The number of hydrogen-bond acceptors (Lipinski definition) is 6. The number of rotatable bonds is 9. The summed E-state index contributed by atoms with van der Waals surface area (Å²) in [6, 6.07) is 0. The van der Waals surface area contributed by atoms with Crippen molar-refractivity contribution in [2.24, 2.45) is 17.8 Å². The maximum Gasteiger partial charge on any atom is 0.268 e. The fourth-order valence-corrected chi connectivity index (χ4v) is 5.80. The van der Waals surface area contributed by atoms with Crippen LogP contribution in [0.5, 0.6) is 5.75 Å². The summed E-state index contributed by atoms with van der Waals surface area (Å²) in [6.45, 7) is 2.82. The number of fused-ring (bicyclic) bond motifs is 1. The summed E-state index contributed by atoms with van der Waals surface area (Å²) in [4.78, 5) is 50.6. The Morgan fingerprint density at radius 1 is 1.06 bits per heavy atom. The second kappa shape index (κ2) is 8.46. The number of carbonyl (C=O) groups excluding carboxylic acids is 2. The number of anilines is 1. The lowest BCUT2D eigenvalue weighted by Gasteiger charge is -2.24. The molecule has 5 rings (SSSR count). The van der Waals surface area contributed by atoms with Crippen molar-refractivity contribution in [2.75, 3.05) is 18.5 Å². The van der Waals surface area contributed by atoms with E-state index in [4.69, 9.17) is 4.74 Å². The van der Waals surface area contributed by atoms with E-state index in [1.807, 2.05) is 0 Å². The molecular weight excluding hydrogens is 428 g/mol. The Kier molecular flexibility index (Phi) is 5.65. The molecule has 1 aromatic carbocycles. The molecule has 0 spiro atoms. The van der Waals surface area contributed by atoms with Gasteiger partial charge in [0, 0.05) is 17.3 Å². The Hall–Kier alpha value is -2.48. The molecule has 0 saturated heterocycles. The van der Waals surface area contributed by atoms with E-state index in [1.165, 1.54) is 11.3 Å². The quantitative estimate of drug-likeness (QED) is 0.565. The Morgan fingerprint density at radius 3 is 2.53 bits per heavy atom. The average molecular weight is 457 g/mol. The average Bonchev–Trinajstić information content (AvgIpc) is 3.70. The molecule has 2 saturated carbocycles. The topological polar surface area (TPSA) is 102 Å². The largest absolute Gasteiger partial charge is 0.489 e. The van der Waals surface area contributed by atoms with Gasteiger partial charge >= 0.3 is 0 Å². The van der Waals surface area contributed by atoms with Crippen LogP contribution in [-0.4, -0.2) is 25.0 Å². The maximum absolute atomic E-state index is 13.1. The number of amides is 2. The predicted octanol–water partition coefficient (Wildman–Crippen LogP) is 2.58. The van der Waals surface area contributed by atoms with E-state index < -0.39 is 10.9 Å². The van der Waals surface area contributed by atoms with Crippen LogP contribution in [0.25, 0.3) is 0 Å². The highest BCUT2D eigenvalue weighted by atomic mass is 32.1. The molecule has 1 heterocycles. The normalized spacial score (nSPS) is 20.1. The van der Waals surface area contributed by atoms with Gasteiger partial charge < -0.3 is 15.4 Å². The van der Waals surface area contributed by atoms with Gasteiger partial charge in [-0.05, 0) is 75.7 Å². The molecule has 3 aliphatic rings. The molecule has 1 atom stereocenters. The zero-order valence-electron chi connectivity index (χ0n) is 18.3. The Bertz CT molecular complexity index is 1130. The standard InChI is InChI=1S/C24H28N2O5S/c1-2-31-21-16(19(27)20(21)28)10-13-5-8-17-15(9-13)18(23(30)25-11-12-3-4-12)24(32-17)26-22(29)14-6-7-14/h12-14H,2-11H2,1H3,(H,25,30)(H,26,29). The molecule has 170 valence electrons. The zero-order chi connectivity index (χ0) is 22.4. The summed E-state index contributed by atoms with van der Waals surface area (Å²) in [5, 5.41) is 6.74. The smallest absolute Gasteiger partial charge is 0.268 e. The van der Waals surface area contributed by atoms with Gasteiger partial charge in [-0.3, -0.25) is 19.2 Å². The number of aryl methyl sites for hydroxylation is 1. The highest BCUT2D eigenvalue weighted by Gasteiger charge is 2.35. The first-order valence-electron chi connectivity index (χ1n) is 11.6. The van der Waals surface area contributed by atoms with E-state index >= 15 is 0 Å². The summed E-state index contributed by atoms with van der Waals surface area (Å²) in [5.41, 5.74) is 1.10. The van der Waals surface area contributed by atoms with Crippen LogP contribution in [0.2, 0.25) is 0 Å². The van der Waals surface area contributed by atoms with E-state index in [1.54, 1.807) is 6.92 Å². The molecule has 1 aromatic heterocycles. The van der Waals surface area contributed by atoms with Crippen molar-refractivity contribution < 1.29 is 14.3 Å². The summed E-state index contributed by atoms with van der Waals surface area (Å²) in [7, 11) is 0. The summed E-state index contributed by atoms with van der Waals surface area (Å²) in [6.07, 6.45) is 6.93. The molecule has 2 fully saturated rings. The van der Waals surface area contributed by atoms with Gasteiger partial charge in [0.1, 0.15) is 5.00 Å². The lowest BCUT2D eigenvalue weighted by atomic mass is 9.81. The minimum Gasteiger partial charge on any atom is -0.489 e. The molecule has 8 heteroatoms. The Labute approximate surface area is 190 Å². The van der Waals surface area contributed by atoms with Crippen LogP contribution in [0.3, 0.4) is 0 Å². The first-order valence-corrected chi connectivity index (χ1v) is 12.5. The van der Waals surface area contributed by atoms with Crippen molar-refractivity contribution in [1.82, 2.24) is 5.32 Å². The van der Waals surface area contributed by atoms with Gasteiger partial charge in [0.05, 0.1) is 17.7 Å². The minimum absolute atomic E-state index is 0.00137. The SMILES string of the molecule is CCOc1c(CC2CCc3sc(NC(=O)C4CC4)c(C(=O)NCC4CC4)c3C2)c(=O)c1=O. The Balaban J connectivity index is 1.38. The number of ether oxygens (including phenoxy) is 1. The molecule has 0 aliphatic heterocycles. The second-order valence-corrected chi connectivity index (χ2v) is 10.4. The van der Waals surface area contributed by atoms with Crippen molar-refractivity contribution in [2.45, 2.75) is 58.3 Å². The van der Waals surface area contributed by atoms with Crippen LogP contribution >= 0.6 is 11.3 Å². The highest BCUT2D eigenvalue weighted by Crippen LogP contribution is 2.42. The van der Waals surface area contributed by atoms with Crippen molar-refractivity contribution in [1.29, 1.82) is 0 Å². The van der Waals surface area contributed by atoms with Crippen LogP contribution in [0.1, 0.15) is 65.4 Å². The first-order chi connectivity index (χ1) is 15.5. The fourth-order valence-electron chi connectivity index (χ4n) is 4.55. The maximum atomic E-state index is 13.1. The summed E-state index contributed by atoms with van der Waals surface area (Å²) >= 11 is 1.51. The van der Waals surface area contributed by atoms with Crippen LogP contribution in [0.15, 0.2) is 9.59 Å². The lowest BCUT2D eigenvalue weighted by molar-refractivity contribution is -0.117. The van der Waals surface area contributed by atoms with Crippen LogP contribution < -0.4 is 26.2 Å². The van der Waals surface area contributed by atoms with Crippen LogP contribution in [0, 0.1) is 17.8 Å². The van der Waals surface area contributed by atoms with Crippen molar-refractivity contribution >= 4 is 28.2 Å². The number of thiophene rings is 1. The third-order valence-corrected chi connectivity index (χ3v) is 7.97. The lowest BCUT2D eigenvalue weighted by Crippen LogP contribution is -2.38. The number of hydrogen-bond donors (Lipinski definition) is 2. The number of nitrogens with one attached hydrogen (secondary N) is 2. The number of carbonyl (C=O) groups is 2. The van der Waals surface area contributed by atoms with Gasteiger partial charge in [-0.1, -0.05) is 0 Å². The van der Waals surface area contributed by atoms with E-state index in [2.05, 4.69) is 10.6 Å². The minimum atomic E-state index is -0.529. The predicted molar refractivity (Wildman–Crippen MR) is 122 cm³/mol. The molecule has 7 nitrogen and oxygen atoms in total. The molecule has 32 heavy (non-hydrogen) atoms. The molecule has 0 radical (unpaired) electrons.